The second-order valence-corrected chi connectivity index (χ2v) is 8.55. The van der Waals surface area contributed by atoms with Crippen molar-refractivity contribution in [1.29, 1.82) is 0 Å². The summed E-state index contributed by atoms with van der Waals surface area (Å²) in [7, 11) is 1.32. The molecule has 0 aliphatic rings. The summed E-state index contributed by atoms with van der Waals surface area (Å²) >= 11 is 0. The molecular weight excluding hydrogens is 468 g/mol. The number of aromatic amines is 1. The third-order valence-corrected chi connectivity index (χ3v) is 6.07. The highest BCUT2D eigenvalue weighted by molar-refractivity contribution is 5.87. The molecule has 0 aliphatic carbocycles. The van der Waals surface area contributed by atoms with Crippen LogP contribution in [0.15, 0.2) is 66.9 Å². The second-order valence-electron chi connectivity index (χ2n) is 8.55. The molecule has 0 unspecified atom stereocenters. The summed E-state index contributed by atoms with van der Waals surface area (Å²) in [6, 6.07) is 19.8. The maximum absolute atomic E-state index is 11.7. The quantitative estimate of drug-likeness (QED) is 0.300. The Morgan fingerprint density at radius 2 is 1.76 bits per heavy atom. The first-order valence-corrected chi connectivity index (χ1v) is 12.1. The molecular formula is C27H26N8O2. The predicted octanol–water partition coefficient (Wildman–Crippen LogP) is 4.36. The number of carbonyl (C=O) groups excluding carboxylic acids is 1. The standard InChI is InChI=1S/C27H26N8O2/c1-3-4-9-25-28-24(22-14-15-23(30-29-22)27(36)37-2)17-35(25)16-18-10-12-19(13-11-18)20-7-5-6-8-21(20)26-31-33-34-32-26/h5-8,10-15,17H,3-4,9,16H2,1-2H3,(H,31,32,33,34). The van der Waals surface area contributed by atoms with Gasteiger partial charge in [-0.25, -0.2) is 9.78 Å². The summed E-state index contributed by atoms with van der Waals surface area (Å²) in [4.78, 5) is 16.5. The number of hydrogen-bond donors (Lipinski definition) is 1. The van der Waals surface area contributed by atoms with Crippen LogP contribution in [0.3, 0.4) is 0 Å². The van der Waals surface area contributed by atoms with Crippen LogP contribution in [0.1, 0.15) is 41.6 Å². The summed E-state index contributed by atoms with van der Waals surface area (Å²) in [5, 5.41) is 22.7. The first-order valence-electron chi connectivity index (χ1n) is 12.1. The van der Waals surface area contributed by atoms with E-state index in [1.165, 1.54) is 7.11 Å². The number of aryl methyl sites for hydroxylation is 1. The monoisotopic (exact) mass is 494 g/mol. The molecule has 3 aromatic heterocycles. The highest BCUT2D eigenvalue weighted by Crippen LogP contribution is 2.30. The maximum Gasteiger partial charge on any atom is 0.358 e. The molecule has 0 radical (unpaired) electrons. The van der Waals surface area contributed by atoms with Gasteiger partial charge < -0.3 is 9.30 Å². The van der Waals surface area contributed by atoms with E-state index in [1.807, 2.05) is 24.4 Å². The summed E-state index contributed by atoms with van der Waals surface area (Å²) in [6.07, 6.45) is 4.96. The van der Waals surface area contributed by atoms with Gasteiger partial charge in [0.2, 0.25) is 5.82 Å². The lowest BCUT2D eigenvalue weighted by atomic mass is 9.98. The Hall–Kier alpha value is -4.73. The zero-order valence-electron chi connectivity index (χ0n) is 20.6. The minimum atomic E-state index is -0.517. The van der Waals surface area contributed by atoms with Gasteiger partial charge in [0.15, 0.2) is 5.69 Å². The molecule has 0 saturated heterocycles. The lowest BCUT2D eigenvalue weighted by molar-refractivity contribution is 0.0592. The van der Waals surface area contributed by atoms with Crippen molar-refractivity contribution >= 4 is 5.97 Å². The fourth-order valence-corrected chi connectivity index (χ4v) is 4.12. The zero-order valence-corrected chi connectivity index (χ0v) is 20.6. The Bertz CT molecular complexity index is 1480. The maximum atomic E-state index is 11.7. The molecule has 1 N–H and O–H groups in total. The van der Waals surface area contributed by atoms with Gasteiger partial charge in [-0.3, -0.25) is 0 Å². The van der Waals surface area contributed by atoms with Crippen molar-refractivity contribution in [3.8, 4) is 33.9 Å². The molecule has 0 fully saturated rings. The number of hydrogen-bond acceptors (Lipinski definition) is 8. The van der Waals surface area contributed by atoms with E-state index >= 15 is 0 Å². The smallest absolute Gasteiger partial charge is 0.358 e. The number of imidazole rings is 1. The summed E-state index contributed by atoms with van der Waals surface area (Å²) in [5.41, 5.74) is 5.68. The molecule has 0 saturated carbocycles. The summed E-state index contributed by atoms with van der Waals surface area (Å²) in [6.45, 7) is 2.84. The average Bonchev–Trinajstić information content (AvgIpc) is 3.63. The molecule has 3 heterocycles. The van der Waals surface area contributed by atoms with Crippen molar-refractivity contribution in [2.45, 2.75) is 32.7 Å². The van der Waals surface area contributed by atoms with Gasteiger partial charge in [-0.05, 0) is 40.5 Å². The number of H-pyrrole nitrogens is 1. The molecule has 10 nitrogen and oxygen atoms in total. The first-order chi connectivity index (χ1) is 18.2. The minimum absolute atomic E-state index is 0.165. The number of esters is 1. The minimum Gasteiger partial charge on any atom is -0.464 e. The van der Waals surface area contributed by atoms with E-state index in [9.17, 15) is 4.79 Å². The fraction of sp³-hybridized carbons (Fsp3) is 0.222. The number of nitrogens with one attached hydrogen (secondary N) is 1. The van der Waals surface area contributed by atoms with Crippen LogP contribution >= 0.6 is 0 Å². The van der Waals surface area contributed by atoms with Crippen LogP contribution in [0.25, 0.3) is 33.9 Å². The normalized spacial score (nSPS) is 11.0. The molecule has 0 spiro atoms. The largest absolute Gasteiger partial charge is 0.464 e. The van der Waals surface area contributed by atoms with Crippen molar-refractivity contribution in [3.63, 3.8) is 0 Å². The number of nitrogens with zero attached hydrogens (tertiary/aromatic N) is 7. The van der Waals surface area contributed by atoms with E-state index in [2.05, 4.69) is 72.6 Å². The molecule has 0 aliphatic heterocycles. The SMILES string of the molecule is CCCCc1nc(-c2ccc(C(=O)OC)nn2)cn1Cc1ccc(-c2ccccc2-c2nn[nH]n2)cc1. The van der Waals surface area contributed by atoms with Crippen molar-refractivity contribution in [1.82, 2.24) is 40.4 Å². The Kier molecular flexibility index (Phi) is 7.07. The van der Waals surface area contributed by atoms with E-state index in [-0.39, 0.29) is 5.69 Å². The number of methoxy groups -OCH3 is 1. The Balaban J connectivity index is 1.40. The third-order valence-electron chi connectivity index (χ3n) is 6.07. The number of ether oxygens (including phenoxy) is 1. The number of benzene rings is 2. The van der Waals surface area contributed by atoms with Gasteiger partial charge in [-0.1, -0.05) is 61.9 Å². The molecule has 186 valence electrons. The van der Waals surface area contributed by atoms with Crippen LogP contribution in [-0.4, -0.2) is 53.5 Å². The van der Waals surface area contributed by atoms with Gasteiger partial charge in [0.25, 0.3) is 0 Å². The second kappa shape index (κ2) is 10.9. The highest BCUT2D eigenvalue weighted by Gasteiger charge is 2.15. The molecule has 10 heteroatoms. The van der Waals surface area contributed by atoms with Gasteiger partial charge in [0.05, 0.1) is 7.11 Å². The lowest BCUT2D eigenvalue weighted by Gasteiger charge is -2.10. The van der Waals surface area contributed by atoms with E-state index < -0.39 is 5.97 Å². The average molecular weight is 495 g/mol. The van der Waals surface area contributed by atoms with Crippen molar-refractivity contribution in [2.75, 3.05) is 7.11 Å². The summed E-state index contributed by atoms with van der Waals surface area (Å²) < 4.78 is 6.86. The topological polar surface area (TPSA) is 124 Å². The number of rotatable bonds is 9. The van der Waals surface area contributed by atoms with Gasteiger partial charge >= 0.3 is 5.97 Å². The predicted molar refractivity (Wildman–Crippen MR) is 137 cm³/mol. The van der Waals surface area contributed by atoms with Crippen molar-refractivity contribution in [3.05, 3.63) is 83.9 Å². The molecule has 2 aromatic carbocycles. The fourth-order valence-electron chi connectivity index (χ4n) is 4.12. The van der Waals surface area contributed by atoms with Crippen LogP contribution < -0.4 is 0 Å². The lowest BCUT2D eigenvalue weighted by Crippen LogP contribution is -2.05. The van der Waals surface area contributed by atoms with E-state index in [4.69, 9.17) is 9.72 Å². The van der Waals surface area contributed by atoms with Crippen LogP contribution in [0.5, 0.6) is 0 Å². The molecule has 0 bridgehead atoms. The molecule has 0 amide bonds. The van der Waals surface area contributed by atoms with Crippen LogP contribution in [-0.2, 0) is 17.7 Å². The first kappa shape index (κ1) is 24.0. The van der Waals surface area contributed by atoms with E-state index in [1.54, 1.807) is 12.1 Å². The van der Waals surface area contributed by atoms with Gasteiger partial charge in [0.1, 0.15) is 17.2 Å². The Morgan fingerprint density at radius 3 is 2.43 bits per heavy atom. The van der Waals surface area contributed by atoms with Gasteiger partial charge in [-0.2, -0.15) is 5.21 Å². The molecule has 5 rings (SSSR count). The van der Waals surface area contributed by atoms with E-state index in [0.29, 0.717) is 18.1 Å². The molecule has 5 aromatic rings. The number of unbranched alkanes of at least 4 members (excludes halogenated alkanes) is 1. The summed E-state index contributed by atoms with van der Waals surface area (Å²) in [5.74, 6) is 1.03. The van der Waals surface area contributed by atoms with Crippen molar-refractivity contribution in [2.24, 2.45) is 0 Å². The Labute approximate surface area is 213 Å². The Morgan fingerprint density at radius 1 is 0.946 bits per heavy atom. The van der Waals surface area contributed by atoms with Crippen molar-refractivity contribution < 1.29 is 9.53 Å². The van der Waals surface area contributed by atoms with Gasteiger partial charge in [0, 0.05) is 24.7 Å². The van der Waals surface area contributed by atoms with Gasteiger partial charge in [-0.15, -0.1) is 20.4 Å². The molecule has 37 heavy (non-hydrogen) atoms. The van der Waals surface area contributed by atoms with Crippen LogP contribution in [0, 0.1) is 0 Å². The number of aromatic nitrogens is 8. The highest BCUT2D eigenvalue weighted by atomic mass is 16.5. The van der Waals surface area contributed by atoms with Crippen LogP contribution in [0.4, 0.5) is 0 Å². The number of tetrazole rings is 1. The number of carbonyl (C=O) groups is 1. The third kappa shape index (κ3) is 5.27. The zero-order chi connectivity index (χ0) is 25.6. The van der Waals surface area contributed by atoms with E-state index in [0.717, 1.165) is 53.0 Å². The molecule has 0 atom stereocenters. The van der Waals surface area contributed by atoms with Crippen LogP contribution in [0.2, 0.25) is 0 Å².